The molecule has 1 heterocycles. The van der Waals surface area contributed by atoms with Crippen LogP contribution in [0.3, 0.4) is 0 Å². The average Bonchev–Trinajstić information content (AvgIpc) is 3.33. The number of aliphatic hydroxyl groups is 1. The molecule has 0 radical (unpaired) electrons. The average molecular weight is 573 g/mol. The van der Waals surface area contributed by atoms with Gasteiger partial charge < -0.3 is 10.4 Å². The van der Waals surface area contributed by atoms with Crippen LogP contribution in [0.25, 0.3) is 28.2 Å². The quantitative estimate of drug-likeness (QED) is 0.278. The van der Waals surface area contributed by atoms with Crippen LogP contribution in [0.4, 0.5) is 0 Å². The van der Waals surface area contributed by atoms with Gasteiger partial charge in [0, 0.05) is 6.20 Å². The third-order valence-corrected chi connectivity index (χ3v) is 8.40. The van der Waals surface area contributed by atoms with E-state index in [1.165, 1.54) is 10.8 Å². The molecular formula is C28H27Cl2N3O4S. The van der Waals surface area contributed by atoms with E-state index < -0.39 is 21.3 Å². The zero-order chi connectivity index (χ0) is 27.7. The summed E-state index contributed by atoms with van der Waals surface area (Å²) in [7, 11) is -3.72. The van der Waals surface area contributed by atoms with Crippen molar-refractivity contribution < 1.29 is 18.3 Å². The predicted molar refractivity (Wildman–Crippen MR) is 151 cm³/mol. The maximum Gasteiger partial charge on any atom is 0.271 e. The molecule has 38 heavy (non-hydrogen) atoms. The Balaban J connectivity index is 2.00. The van der Waals surface area contributed by atoms with Gasteiger partial charge in [-0.25, -0.2) is 13.4 Å². The van der Waals surface area contributed by atoms with E-state index in [9.17, 15) is 18.3 Å². The fourth-order valence-electron chi connectivity index (χ4n) is 3.90. The Morgan fingerprint density at radius 1 is 1.00 bits per heavy atom. The molecule has 0 atom stereocenters. The smallest absolute Gasteiger partial charge is 0.271 e. The number of benzene rings is 3. The molecule has 3 aromatic carbocycles. The second-order valence-electron chi connectivity index (χ2n) is 9.36. The highest BCUT2D eigenvalue weighted by molar-refractivity contribution is 7.91. The van der Waals surface area contributed by atoms with Crippen LogP contribution in [0.1, 0.15) is 31.3 Å². The highest BCUT2D eigenvalue weighted by Gasteiger charge is 2.27. The van der Waals surface area contributed by atoms with Gasteiger partial charge in [0.25, 0.3) is 5.91 Å². The monoisotopic (exact) mass is 571 g/mol. The first-order valence-corrected chi connectivity index (χ1v) is 14.3. The normalized spacial score (nSPS) is 11.9. The summed E-state index contributed by atoms with van der Waals surface area (Å²) in [6.45, 7) is 4.62. The van der Waals surface area contributed by atoms with Crippen molar-refractivity contribution in [2.45, 2.75) is 31.2 Å². The molecule has 0 saturated heterocycles. The van der Waals surface area contributed by atoms with Crippen LogP contribution >= 0.6 is 23.2 Å². The zero-order valence-electron chi connectivity index (χ0n) is 21.1. The molecule has 4 aromatic rings. The van der Waals surface area contributed by atoms with Crippen LogP contribution in [-0.2, 0) is 9.84 Å². The van der Waals surface area contributed by atoms with Gasteiger partial charge in [-0.2, -0.15) is 0 Å². The molecule has 0 unspecified atom stereocenters. The topological polar surface area (TPSA) is 101 Å². The molecule has 0 saturated carbocycles. The maximum absolute atomic E-state index is 13.3. The third kappa shape index (κ3) is 5.63. The lowest BCUT2D eigenvalue weighted by Gasteiger charge is -2.22. The lowest BCUT2D eigenvalue weighted by atomic mass is 10.1. The van der Waals surface area contributed by atoms with Gasteiger partial charge in [0.2, 0.25) is 0 Å². The molecule has 0 aliphatic heterocycles. The molecule has 4 rings (SSSR count). The van der Waals surface area contributed by atoms with Crippen molar-refractivity contribution in [2.75, 3.05) is 12.4 Å². The maximum atomic E-state index is 13.3. The predicted octanol–water partition coefficient (Wildman–Crippen LogP) is 5.81. The van der Waals surface area contributed by atoms with Crippen LogP contribution in [0.5, 0.6) is 0 Å². The molecule has 2 N–H and O–H groups in total. The standard InChI is InChI=1S/C28H27Cl2N3O4S/c1-4-38(36,37)24-15-19(18-9-6-5-7-10-18)13-14-23(24)33-16-22(27(35)32-28(2,3)17-34)31-26(33)25-20(29)11-8-12-21(25)30/h5-16,34H,4,17H2,1-3H3,(H,32,35). The van der Waals surface area contributed by atoms with Crippen LogP contribution < -0.4 is 5.32 Å². The van der Waals surface area contributed by atoms with Gasteiger partial charge in [0.1, 0.15) is 11.5 Å². The summed E-state index contributed by atoms with van der Waals surface area (Å²) in [6.07, 6.45) is 1.45. The molecule has 7 nitrogen and oxygen atoms in total. The first-order chi connectivity index (χ1) is 18.0. The molecule has 0 bridgehead atoms. The van der Waals surface area contributed by atoms with Crippen molar-refractivity contribution in [1.82, 2.24) is 14.9 Å². The molecule has 198 valence electrons. The number of imidazole rings is 1. The Kier molecular flexibility index (Phi) is 7.99. The highest BCUT2D eigenvalue weighted by Crippen LogP contribution is 2.37. The minimum atomic E-state index is -3.72. The van der Waals surface area contributed by atoms with E-state index in [-0.39, 0.29) is 38.8 Å². The minimum absolute atomic E-state index is 0.00416. The number of amides is 1. The first kappa shape index (κ1) is 27.9. The number of carbonyl (C=O) groups excluding carboxylic acids is 1. The minimum Gasteiger partial charge on any atom is -0.394 e. The summed E-state index contributed by atoms with van der Waals surface area (Å²) in [5.41, 5.74) is 1.33. The second-order valence-corrected chi connectivity index (χ2v) is 12.4. The number of aliphatic hydroxyl groups excluding tert-OH is 1. The van der Waals surface area contributed by atoms with E-state index in [4.69, 9.17) is 23.2 Å². The first-order valence-electron chi connectivity index (χ1n) is 11.9. The van der Waals surface area contributed by atoms with Crippen molar-refractivity contribution >= 4 is 38.9 Å². The summed E-state index contributed by atoms with van der Waals surface area (Å²) >= 11 is 13.0. The Morgan fingerprint density at radius 3 is 2.26 bits per heavy atom. The van der Waals surface area contributed by atoms with Crippen LogP contribution in [0, 0.1) is 0 Å². The molecule has 0 aliphatic rings. The van der Waals surface area contributed by atoms with Gasteiger partial charge in [-0.15, -0.1) is 0 Å². The summed E-state index contributed by atoms with van der Waals surface area (Å²) in [6, 6.07) is 19.5. The van der Waals surface area contributed by atoms with Crippen molar-refractivity contribution in [1.29, 1.82) is 0 Å². The number of sulfone groups is 1. The Morgan fingerprint density at radius 2 is 1.66 bits per heavy atom. The van der Waals surface area contributed by atoms with E-state index in [0.717, 1.165) is 11.1 Å². The van der Waals surface area contributed by atoms with Gasteiger partial charge in [-0.1, -0.05) is 72.6 Å². The van der Waals surface area contributed by atoms with Crippen molar-refractivity contribution in [3.8, 4) is 28.2 Å². The molecular weight excluding hydrogens is 545 g/mol. The summed E-state index contributed by atoms with van der Waals surface area (Å²) in [5.74, 6) is -0.478. The van der Waals surface area contributed by atoms with E-state index >= 15 is 0 Å². The summed E-state index contributed by atoms with van der Waals surface area (Å²) in [4.78, 5) is 17.7. The SMILES string of the molecule is CCS(=O)(=O)c1cc(-c2ccccc2)ccc1-n1cc(C(=O)NC(C)(C)CO)nc1-c1c(Cl)cccc1Cl. The van der Waals surface area contributed by atoms with Gasteiger partial charge in [0.15, 0.2) is 9.84 Å². The van der Waals surface area contributed by atoms with E-state index in [1.54, 1.807) is 51.1 Å². The van der Waals surface area contributed by atoms with Crippen molar-refractivity contribution in [2.24, 2.45) is 0 Å². The third-order valence-electron chi connectivity index (χ3n) is 6.01. The number of nitrogens with zero attached hydrogens (tertiary/aromatic N) is 2. The number of hydrogen-bond acceptors (Lipinski definition) is 5. The number of rotatable bonds is 8. The van der Waals surface area contributed by atoms with E-state index in [0.29, 0.717) is 11.3 Å². The van der Waals surface area contributed by atoms with Gasteiger partial charge in [-0.3, -0.25) is 9.36 Å². The zero-order valence-corrected chi connectivity index (χ0v) is 23.4. The summed E-state index contributed by atoms with van der Waals surface area (Å²) < 4.78 is 28.2. The van der Waals surface area contributed by atoms with E-state index in [2.05, 4.69) is 10.3 Å². The number of carbonyl (C=O) groups is 1. The summed E-state index contributed by atoms with van der Waals surface area (Å²) in [5, 5.41) is 12.9. The Bertz CT molecular complexity index is 1580. The molecule has 1 amide bonds. The number of hydrogen-bond donors (Lipinski definition) is 2. The second kappa shape index (κ2) is 10.9. The lowest BCUT2D eigenvalue weighted by Crippen LogP contribution is -2.46. The number of nitrogens with one attached hydrogen (secondary N) is 1. The van der Waals surface area contributed by atoms with Gasteiger partial charge in [0.05, 0.1) is 44.1 Å². The van der Waals surface area contributed by atoms with Crippen molar-refractivity contribution in [3.63, 3.8) is 0 Å². The fourth-order valence-corrected chi connectivity index (χ4v) is 5.57. The molecule has 0 fully saturated rings. The van der Waals surface area contributed by atoms with E-state index in [1.807, 2.05) is 36.4 Å². The van der Waals surface area contributed by atoms with Crippen LogP contribution in [0.2, 0.25) is 10.0 Å². The van der Waals surface area contributed by atoms with Gasteiger partial charge >= 0.3 is 0 Å². The Hall–Kier alpha value is -3.17. The Labute approximate surface area is 232 Å². The van der Waals surface area contributed by atoms with Gasteiger partial charge in [-0.05, 0) is 49.2 Å². The number of halogens is 2. The lowest BCUT2D eigenvalue weighted by molar-refractivity contribution is 0.0864. The largest absolute Gasteiger partial charge is 0.394 e. The molecule has 0 spiro atoms. The van der Waals surface area contributed by atoms with Crippen LogP contribution in [0.15, 0.2) is 77.8 Å². The fraction of sp³-hybridized carbons (Fsp3) is 0.214. The van der Waals surface area contributed by atoms with Crippen LogP contribution in [-0.4, -0.2) is 46.9 Å². The highest BCUT2D eigenvalue weighted by atomic mass is 35.5. The van der Waals surface area contributed by atoms with Crippen molar-refractivity contribution in [3.05, 3.63) is 88.7 Å². The molecule has 0 aliphatic carbocycles. The molecule has 1 aromatic heterocycles. The molecule has 10 heteroatoms. The number of aromatic nitrogens is 2.